The van der Waals surface area contributed by atoms with Crippen LogP contribution in [-0.4, -0.2) is 12.7 Å². The van der Waals surface area contributed by atoms with Crippen LogP contribution in [0.1, 0.15) is 20.3 Å². The lowest BCUT2D eigenvalue weighted by Crippen LogP contribution is -2.18. The Kier molecular flexibility index (Phi) is 3.79. The topological polar surface area (TPSA) is 26.0 Å². The first-order chi connectivity index (χ1) is 3.72. The van der Waals surface area contributed by atoms with E-state index in [2.05, 4.69) is 0 Å². The van der Waals surface area contributed by atoms with E-state index in [9.17, 15) is 4.39 Å². The molecule has 2 N–H and O–H groups in total. The molecule has 0 bridgehead atoms. The number of halogens is 1. The molecule has 0 fully saturated rings. The van der Waals surface area contributed by atoms with Gasteiger partial charge in [-0.3, -0.25) is 0 Å². The minimum absolute atomic E-state index is 0.370. The first-order valence-corrected chi connectivity index (χ1v) is 2.88. The highest BCUT2D eigenvalue weighted by molar-refractivity contribution is 4.92. The van der Waals surface area contributed by atoms with E-state index in [1.54, 1.807) is 6.92 Å². The van der Waals surface area contributed by atoms with Gasteiger partial charge in [-0.15, -0.1) is 0 Å². The maximum absolute atomic E-state index is 12.4. The molecule has 1 radical (unpaired) electrons. The van der Waals surface area contributed by atoms with Crippen molar-refractivity contribution in [3.63, 3.8) is 0 Å². The van der Waals surface area contributed by atoms with Gasteiger partial charge in [-0.1, -0.05) is 13.8 Å². The summed E-state index contributed by atoms with van der Waals surface area (Å²) in [4.78, 5) is 0. The second-order valence-electron chi connectivity index (χ2n) is 1.93. The molecular weight excluding hydrogens is 105 g/mol. The molecule has 0 rings (SSSR count). The van der Waals surface area contributed by atoms with E-state index >= 15 is 0 Å². The van der Waals surface area contributed by atoms with Crippen LogP contribution in [-0.2, 0) is 0 Å². The van der Waals surface area contributed by atoms with Crippen molar-refractivity contribution < 1.29 is 4.39 Å². The number of nitrogens with two attached hydrogens (primary N) is 1. The van der Waals surface area contributed by atoms with E-state index in [1.165, 1.54) is 0 Å². The summed E-state index contributed by atoms with van der Waals surface area (Å²) < 4.78 is 12.4. The lowest BCUT2D eigenvalue weighted by Gasteiger charge is -2.09. The van der Waals surface area contributed by atoms with Crippen LogP contribution < -0.4 is 5.73 Å². The van der Waals surface area contributed by atoms with Gasteiger partial charge in [0.25, 0.3) is 0 Å². The minimum atomic E-state index is -0.792. The van der Waals surface area contributed by atoms with Crippen LogP contribution in [0.5, 0.6) is 0 Å². The lowest BCUT2D eigenvalue weighted by atomic mass is 10.1. The van der Waals surface area contributed by atoms with Crippen molar-refractivity contribution in [2.45, 2.75) is 26.4 Å². The Morgan fingerprint density at radius 2 is 2.25 bits per heavy atom. The van der Waals surface area contributed by atoms with Crippen LogP contribution in [0.2, 0.25) is 0 Å². The first kappa shape index (κ1) is 7.89. The van der Waals surface area contributed by atoms with Crippen LogP contribution >= 0.6 is 0 Å². The fourth-order valence-electron chi connectivity index (χ4n) is 0.476. The zero-order valence-electron chi connectivity index (χ0n) is 5.45. The van der Waals surface area contributed by atoms with E-state index in [0.717, 1.165) is 5.92 Å². The van der Waals surface area contributed by atoms with Gasteiger partial charge in [-0.05, 0) is 6.42 Å². The largest absolute Gasteiger partial charge is 0.330 e. The van der Waals surface area contributed by atoms with Crippen LogP contribution in [0, 0.1) is 5.92 Å². The van der Waals surface area contributed by atoms with Crippen molar-refractivity contribution in [1.29, 1.82) is 0 Å². The zero-order valence-corrected chi connectivity index (χ0v) is 5.45. The Morgan fingerprint density at radius 3 is 2.38 bits per heavy atom. The van der Waals surface area contributed by atoms with Crippen molar-refractivity contribution in [1.82, 2.24) is 0 Å². The molecule has 0 aliphatic rings. The van der Waals surface area contributed by atoms with E-state index in [4.69, 9.17) is 5.73 Å². The summed E-state index contributed by atoms with van der Waals surface area (Å²) in [6.07, 6.45) is -0.247. The fourth-order valence-corrected chi connectivity index (χ4v) is 0.476. The predicted octanol–water partition coefficient (Wildman–Crippen LogP) is 1.29. The summed E-state index contributed by atoms with van der Waals surface area (Å²) in [5.74, 6) is 0.743. The molecule has 0 aliphatic heterocycles. The number of hydrogen-bond donors (Lipinski definition) is 1. The third-order valence-corrected chi connectivity index (χ3v) is 1.22. The van der Waals surface area contributed by atoms with Gasteiger partial charge in [0, 0.05) is 12.5 Å². The number of rotatable bonds is 3. The van der Waals surface area contributed by atoms with E-state index in [0.29, 0.717) is 13.0 Å². The Balaban J connectivity index is 3.29. The summed E-state index contributed by atoms with van der Waals surface area (Å²) in [6.45, 7) is 3.92. The van der Waals surface area contributed by atoms with Gasteiger partial charge in [0.1, 0.15) is 6.17 Å². The monoisotopic (exact) mass is 118 g/mol. The van der Waals surface area contributed by atoms with Crippen molar-refractivity contribution in [3.05, 3.63) is 5.92 Å². The van der Waals surface area contributed by atoms with Crippen molar-refractivity contribution in [2.24, 2.45) is 5.73 Å². The molecule has 0 saturated carbocycles. The van der Waals surface area contributed by atoms with Crippen LogP contribution in [0.3, 0.4) is 0 Å². The first-order valence-electron chi connectivity index (χ1n) is 2.88. The summed E-state index contributed by atoms with van der Waals surface area (Å²) >= 11 is 0. The Morgan fingerprint density at radius 1 is 1.75 bits per heavy atom. The number of hydrogen-bond acceptors (Lipinski definition) is 1. The van der Waals surface area contributed by atoms with Crippen LogP contribution in [0.4, 0.5) is 4.39 Å². The van der Waals surface area contributed by atoms with Crippen LogP contribution in [0.15, 0.2) is 0 Å². The molecule has 1 nitrogen and oxygen atoms in total. The molecule has 2 heteroatoms. The maximum atomic E-state index is 12.4. The Bertz CT molecular complexity index is 48.5. The fraction of sp³-hybridized carbons (Fsp3) is 0.833. The molecule has 0 spiro atoms. The van der Waals surface area contributed by atoms with Crippen molar-refractivity contribution >= 4 is 0 Å². The molecule has 0 heterocycles. The second-order valence-corrected chi connectivity index (χ2v) is 1.93. The van der Waals surface area contributed by atoms with Gasteiger partial charge < -0.3 is 5.73 Å². The van der Waals surface area contributed by atoms with Crippen molar-refractivity contribution in [2.75, 3.05) is 6.54 Å². The van der Waals surface area contributed by atoms with Crippen LogP contribution in [0.25, 0.3) is 0 Å². The van der Waals surface area contributed by atoms with Crippen molar-refractivity contribution in [3.8, 4) is 0 Å². The Labute approximate surface area is 50.1 Å². The van der Waals surface area contributed by atoms with Gasteiger partial charge in [0.15, 0.2) is 0 Å². The molecule has 0 aromatic carbocycles. The highest BCUT2D eigenvalue weighted by Gasteiger charge is 2.11. The smallest absolute Gasteiger partial charge is 0.107 e. The average Bonchev–Trinajstić information content (AvgIpc) is 1.84. The molecule has 0 aromatic rings. The molecule has 0 aliphatic carbocycles. The molecule has 1 atom stereocenters. The lowest BCUT2D eigenvalue weighted by molar-refractivity contribution is 0.335. The highest BCUT2D eigenvalue weighted by Crippen LogP contribution is 2.10. The predicted molar refractivity (Wildman–Crippen MR) is 33.2 cm³/mol. The summed E-state index contributed by atoms with van der Waals surface area (Å²) in [6, 6.07) is 0. The minimum Gasteiger partial charge on any atom is -0.330 e. The molecule has 0 aromatic heterocycles. The molecule has 8 heavy (non-hydrogen) atoms. The second kappa shape index (κ2) is 3.84. The Hall–Kier alpha value is -0.110. The van der Waals surface area contributed by atoms with Gasteiger partial charge in [0.05, 0.1) is 0 Å². The molecule has 1 unspecified atom stereocenters. The quantitative estimate of drug-likeness (QED) is 0.593. The van der Waals surface area contributed by atoms with E-state index in [1.807, 2.05) is 6.92 Å². The molecule has 49 valence electrons. The number of alkyl halides is 1. The standard InChI is InChI=1S/C6H13FN/c1-3-6(7)5(2)4-8/h6H,3-4,8H2,1-2H3. The SMILES string of the molecule is CCC(F)[C](C)CN. The maximum Gasteiger partial charge on any atom is 0.107 e. The highest BCUT2D eigenvalue weighted by atomic mass is 19.1. The third kappa shape index (κ3) is 2.26. The van der Waals surface area contributed by atoms with E-state index < -0.39 is 6.17 Å². The van der Waals surface area contributed by atoms with E-state index in [-0.39, 0.29) is 0 Å². The summed E-state index contributed by atoms with van der Waals surface area (Å²) in [5.41, 5.74) is 5.17. The normalized spacial score (nSPS) is 14.6. The zero-order chi connectivity index (χ0) is 6.57. The summed E-state index contributed by atoms with van der Waals surface area (Å²) in [7, 11) is 0. The van der Waals surface area contributed by atoms with Gasteiger partial charge >= 0.3 is 0 Å². The average molecular weight is 118 g/mol. The molecule has 0 saturated heterocycles. The molecular formula is C6H13FN. The molecule has 0 amide bonds. The van der Waals surface area contributed by atoms with Gasteiger partial charge in [0.2, 0.25) is 0 Å². The van der Waals surface area contributed by atoms with Gasteiger partial charge in [-0.25, -0.2) is 4.39 Å². The van der Waals surface area contributed by atoms with Gasteiger partial charge in [-0.2, -0.15) is 0 Å². The summed E-state index contributed by atoms with van der Waals surface area (Å²) in [5, 5.41) is 0. The third-order valence-electron chi connectivity index (χ3n) is 1.22.